The molecule has 0 fully saturated rings. The molecule has 0 bridgehead atoms. The van der Waals surface area contributed by atoms with Crippen molar-refractivity contribution in [3.05, 3.63) is 102 Å². The highest BCUT2D eigenvalue weighted by Gasteiger charge is 2.39. The number of methoxy groups -OCH3 is 1. The first-order valence-electron chi connectivity index (χ1n) is 11.5. The molecule has 2 aromatic carbocycles. The Labute approximate surface area is 205 Å². The van der Waals surface area contributed by atoms with Gasteiger partial charge in [-0.15, -0.1) is 5.10 Å². The van der Waals surface area contributed by atoms with Gasteiger partial charge >= 0.3 is 0 Å². The number of benzene rings is 2. The highest BCUT2D eigenvalue weighted by atomic mass is 16.5. The number of hydrogen-bond donors (Lipinski definition) is 0. The van der Waals surface area contributed by atoms with E-state index in [1.165, 1.54) is 0 Å². The monoisotopic (exact) mass is 476 g/mol. The van der Waals surface area contributed by atoms with Gasteiger partial charge in [0.2, 0.25) is 11.8 Å². The maximum atomic E-state index is 6.42. The molecule has 0 aliphatic carbocycles. The lowest BCUT2D eigenvalue weighted by Gasteiger charge is -2.24. The SMILES string of the molecule is COc1ccc(-c2nc3c4c(ncn3n2)Oc2c(c(C)nn2-c2ccccc2)[C@H]4c2ccco2)cc1. The third kappa shape index (κ3) is 3.02. The van der Waals surface area contributed by atoms with Gasteiger partial charge in [0.15, 0.2) is 11.5 Å². The Kier molecular flexibility index (Phi) is 4.44. The molecule has 0 amide bonds. The number of furan rings is 1. The van der Waals surface area contributed by atoms with Crippen molar-refractivity contribution >= 4 is 5.65 Å². The highest BCUT2D eigenvalue weighted by molar-refractivity contribution is 5.68. The van der Waals surface area contributed by atoms with Gasteiger partial charge in [-0.05, 0) is 55.5 Å². The molecule has 176 valence electrons. The van der Waals surface area contributed by atoms with E-state index < -0.39 is 0 Å². The van der Waals surface area contributed by atoms with Crippen molar-refractivity contribution in [3.8, 4) is 34.6 Å². The summed E-state index contributed by atoms with van der Waals surface area (Å²) in [5.74, 6) is 2.84. The van der Waals surface area contributed by atoms with Crippen LogP contribution in [-0.2, 0) is 0 Å². The van der Waals surface area contributed by atoms with E-state index in [2.05, 4.69) is 10.1 Å². The maximum Gasteiger partial charge on any atom is 0.230 e. The number of fused-ring (bicyclic) bond motifs is 4. The van der Waals surface area contributed by atoms with Crippen LogP contribution in [0, 0.1) is 6.92 Å². The van der Waals surface area contributed by atoms with Crippen LogP contribution < -0.4 is 9.47 Å². The Morgan fingerprint density at radius 3 is 2.50 bits per heavy atom. The van der Waals surface area contributed by atoms with Crippen LogP contribution in [0.2, 0.25) is 0 Å². The minimum Gasteiger partial charge on any atom is -0.497 e. The van der Waals surface area contributed by atoms with Crippen molar-refractivity contribution in [1.29, 1.82) is 0 Å². The number of aryl methyl sites for hydroxylation is 1. The zero-order valence-electron chi connectivity index (χ0n) is 19.5. The Morgan fingerprint density at radius 2 is 1.75 bits per heavy atom. The summed E-state index contributed by atoms with van der Waals surface area (Å²) in [4.78, 5) is 9.52. The summed E-state index contributed by atoms with van der Waals surface area (Å²) in [6.07, 6.45) is 3.29. The molecule has 9 heteroatoms. The molecule has 6 aromatic rings. The van der Waals surface area contributed by atoms with Gasteiger partial charge < -0.3 is 13.9 Å². The highest BCUT2D eigenvalue weighted by Crippen LogP contribution is 2.49. The van der Waals surface area contributed by atoms with Gasteiger partial charge in [-0.3, -0.25) is 0 Å². The average molecular weight is 476 g/mol. The second-order valence-corrected chi connectivity index (χ2v) is 8.50. The van der Waals surface area contributed by atoms with Crippen molar-refractivity contribution in [1.82, 2.24) is 29.4 Å². The Hall–Kier alpha value is -4.92. The lowest BCUT2D eigenvalue weighted by atomic mass is 9.88. The molecule has 0 unspecified atom stereocenters. The van der Waals surface area contributed by atoms with Gasteiger partial charge in [0.1, 0.15) is 17.8 Å². The second-order valence-electron chi connectivity index (χ2n) is 8.50. The molecular weight excluding hydrogens is 456 g/mol. The Bertz CT molecular complexity index is 1700. The zero-order chi connectivity index (χ0) is 24.2. The summed E-state index contributed by atoms with van der Waals surface area (Å²) in [6.45, 7) is 1.97. The van der Waals surface area contributed by atoms with Gasteiger partial charge in [0.25, 0.3) is 0 Å². The number of ether oxygens (including phenoxy) is 2. The number of para-hydroxylation sites is 1. The predicted octanol–water partition coefficient (Wildman–Crippen LogP) is 5.17. The minimum atomic E-state index is -0.319. The van der Waals surface area contributed by atoms with E-state index in [1.54, 1.807) is 24.2 Å². The normalized spacial score (nSPS) is 14.3. The summed E-state index contributed by atoms with van der Waals surface area (Å²) >= 11 is 0. The molecule has 9 nitrogen and oxygen atoms in total. The van der Waals surface area contributed by atoms with Crippen LogP contribution >= 0.6 is 0 Å². The molecule has 1 atom stereocenters. The average Bonchev–Trinajstić information content (AvgIpc) is 3.67. The zero-order valence-corrected chi connectivity index (χ0v) is 19.5. The van der Waals surface area contributed by atoms with E-state index in [4.69, 9.17) is 24.0 Å². The van der Waals surface area contributed by atoms with E-state index in [0.29, 0.717) is 23.2 Å². The molecule has 0 saturated carbocycles. The van der Waals surface area contributed by atoms with Gasteiger partial charge in [0, 0.05) is 5.56 Å². The number of aromatic nitrogens is 6. The third-order valence-electron chi connectivity index (χ3n) is 6.40. The first-order valence-corrected chi connectivity index (χ1v) is 11.5. The van der Waals surface area contributed by atoms with E-state index in [-0.39, 0.29) is 5.92 Å². The maximum absolute atomic E-state index is 6.42. The van der Waals surface area contributed by atoms with Gasteiger partial charge in [0.05, 0.1) is 41.8 Å². The molecule has 0 spiro atoms. The predicted molar refractivity (Wildman–Crippen MR) is 131 cm³/mol. The fourth-order valence-corrected chi connectivity index (χ4v) is 4.72. The second kappa shape index (κ2) is 7.81. The van der Waals surface area contributed by atoms with Crippen molar-refractivity contribution in [2.45, 2.75) is 12.8 Å². The lowest BCUT2D eigenvalue weighted by Crippen LogP contribution is -2.15. The summed E-state index contributed by atoms with van der Waals surface area (Å²) in [5.41, 5.74) is 4.93. The first kappa shape index (κ1) is 20.5. The fourth-order valence-electron chi connectivity index (χ4n) is 4.72. The van der Waals surface area contributed by atoms with Crippen molar-refractivity contribution < 1.29 is 13.9 Å². The molecule has 4 aromatic heterocycles. The van der Waals surface area contributed by atoms with Crippen LogP contribution in [-0.4, -0.2) is 36.5 Å². The van der Waals surface area contributed by atoms with E-state index in [0.717, 1.165) is 39.6 Å². The van der Waals surface area contributed by atoms with Crippen molar-refractivity contribution in [3.63, 3.8) is 0 Å². The fraction of sp³-hybridized carbons (Fsp3) is 0.111. The third-order valence-corrected chi connectivity index (χ3v) is 6.40. The topological polar surface area (TPSA) is 92.5 Å². The van der Waals surface area contributed by atoms with Crippen LogP contribution in [0.25, 0.3) is 22.7 Å². The molecule has 36 heavy (non-hydrogen) atoms. The summed E-state index contributed by atoms with van der Waals surface area (Å²) in [7, 11) is 1.64. The van der Waals surface area contributed by atoms with Crippen molar-refractivity contribution in [2.24, 2.45) is 0 Å². The lowest BCUT2D eigenvalue weighted by molar-refractivity contribution is 0.392. The molecule has 7 rings (SSSR count). The van der Waals surface area contributed by atoms with Crippen LogP contribution in [0.15, 0.2) is 83.7 Å². The Balaban J connectivity index is 1.45. The van der Waals surface area contributed by atoms with E-state index in [1.807, 2.05) is 78.3 Å². The van der Waals surface area contributed by atoms with Crippen LogP contribution in [0.5, 0.6) is 17.5 Å². The molecule has 0 saturated heterocycles. The van der Waals surface area contributed by atoms with Gasteiger partial charge in [-0.2, -0.15) is 5.10 Å². The van der Waals surface area contributed by atoms with Crippen molar-refractivity contribution in [2.75, 3.05) is 7.11 Å². The van der Waals surface area contributed by atoms with Gasteiger partial charge in [-0.25, -0.2) is 19.2 Å². The van der Waals surface area contributed by atoms with E-state index in [9.17, 15) is 0 Å². The number of nitrogens with zero attached hydrogens (tertiary/aromatic N) is 6. The summed E-state index contributed by atoms with van der Waals surface area (Å²) < 4.78 is 21.1. The standard InChI is InChI=1S/C27H20N6O3/c1-16-21-22(20-9-6-14-35-20)23-25-29-24(17-10-12-19(34-2)13-11-17)31-32(25)15-28-26(23)36-27(21)33(30-16)18-7-4-3-5-8-18/h3-15,22H,1-2H3/t22-/m1/s1. The van der Waals surface area contributed by atoms with Crippen LogP contribution in [0.3, 0.4) is 0 Å². The number of rotatable bonds is 4. The summed E-state index contributed by atoms with van der Waals surface area (Å²) in [5, 5.41) is 9.51. The van der Waals surface area contributed by atoms with Gasteiger partial charge in [-0.1, -0.05) is 18.2 Å². The van der Waals surface area contributed by atoms with Crippen LogP contribution in [0.1, 0.15) is 28.5 Å². The molecule has 0 radical (unpaired) electrons. The van der Waals surface area contributed by atoms with E-state index >= 15 is 0 Å². The molecule has 0 N–H and O–H groups in total. The summed E-state index contributed by atoms with van der Waals surface area (Å²) in [6, 6.07) is 21.4. The quantitative estimate of drug-likeness (QED) is 0.346. The largest absolute Gasteiger partial charge is 0.497 e. The first-order chi connectivity index (χ1) is 17.7. The molecule has 1 aliphatic heterocycles. The minimum absolute atomic E-state index is 0.319. The number of hydrogen-bond acceptors (Lipinski definition) is 7. The molecular formula is C27H20N6O3. The molecule has 5 heterocycles. The molecule has 1 aliphatic rings. The smallest absolute Gasteiger partial charge is 0.230 e. The van der Waals surface area contributed by atoms with Crippen LogP contribution in [0.4, 0.5) is 0 Å². The Morgan fingerprint density at radius 1 is 0.917 bits per heavy atom.